The predicted octanol–water partition coefficient (Wildman–Crippen LogP) is 4.52. The van der Waals surface area contributed by atoms with Crippen LogP contribution in [0.4, 0.5) is 5.69 Å². The Morgan fingerprint density at radius 2 is 2.03 bits per heavy atom. The summed E-state index contributed by atoms with van der Waals surface area (Å²) in [6.45, 7) is 5.58. The van der Waals surface area contributed by atoms with Crippen molar-refractivity contribution in [3.63, 3.8) is 0 Å². The molecule has 0 aliphatic heterocycles. The quantitative estimate of drug-likeness (QED) is 0.537. The van der Waals surface area contributed by atoms with E-state index in [0.29, 0.717) is 31.4 Å². The number of benzene rings is 1. The molecule has 3 aromatic rings. The summed E-state index contributed by atoms with van der Waals surface area (Å²) in [6.07, 6.45) is 1.28. The number of hydrogen-bond acceptors (Lipinski definition) is 6. The topological polar surface area (TPSA) is 90.3 Å². The number of rotatable bonds is 6. The lowest BCUT2D eigenvalue weighted by Crippen LogP contribution is -2.28. The Hall–Kier alpha value is -2.42. The molecular formula is C20H19Cl2N3O4S. The van der Waals surface area contributed by atoms with Crippen LogP contribution < -0.4 is 10.9 Å². The zero-order chi connectivity index (χ0) is 22.0. The van der Waals surface area contributed by atoms with E-state index in [1.165, 1.54) is 17.0 Å². The van der Waals surface area contributed by atoms with Crippen molar-refractivity contribution in [3.05, 3.63) is 55.4 Å². The normalized spacial score (nSPS) is 11.1. The summed E-state index contributed by atoms with van der Waals surface area (Å²) in [6, 6.07) is 4.68. The van der Waals surface area contributed by atoms with Crippen LogP contribution in [0, 0.1) is 12.8 Å². The molecule has 3 rings (SSSR count). The van der Waals surface area contributed by atoms with Gasteiger partial charge in [0.1, 0.15) is 16.3 Å². The molecule has 10 heteroatoms. The summed E-state index contributed by atoms with van der Waals surface area (Å²) < 4.78 is 6.45. The number of carbonyl (C=O) groups excluding carboxylic acids is 2. The fraction of sp³-hybridized carbons (Fsp3) is 0.300. The van der Waals surface area contributed by atoms with Gasteiger partial charge in [0, 0.05) is 5.02 Å². The molecule has 1 amide bonds. The summed E-state index contributed by atoms with van der Waals surface area (Å²) in [7, 11) is 0. The molecule has 0 fully saturated rings. The molecule has 7 nitrogen and oxygen atoms in total. The summed E-state index contributed by atoms with van der Waals surface area (Å²) in [5.41, 5.74) is 0.473. The summed E-state index contributed by atoms with van der Waals surface area (Å²) in [5, 5.41) is 3.67. The predicted molar refractivity (Wildman–Crippen MR) is 119 cm³/mol. The Balaban J connectivity index is 1.84. The third-order valence-electron chi connectivity index (χ3n) is 4.17. The van der Waals surface area contributed by atoms with Gasteiger partial charge in [-0.15, -0.1) is 11.3 Å². The zero-order valence-electron chi connectivity index (χ0n) is 16.5. The van der Waals surface area contributed by atoms with E-state index < -0.39 is 17.4 Å². The zero-order valence-corrected chi connectivity index (χ0v) is 18.8. The van der Waals surface area contributed by atoms with Crippen molar-refractivity contribution in [2.45, 2.75) is 27.3 Å². The van der Waals surface area contributed by atoms with Crippen molar-refractivity contribution in [1.29, 1.82) is 0 Å². The van der Waals surface area contributed by atoms with Crippen LogP contribution in [0.15, 0.2) is 29.3 Å². The third kappa shape index (κ3) is 4.83. The van der Waals surface area contributed by atoms with Crippen LogP contribution in [-0.4, -0.2) is 28.0 Å². The molecule has 0 aliphatic rings. The van der Waals surface area contributed by atoms with Gasteiger partial charge in [-0.2, -0.15) is 0 Å². The molecule has 0 aliphatic carbocycles. The molecular weight excluding hydrogens is 449 g/mol. The van der Waals surface area contributed by atoms with Crippen LogP contribution >= 0.6 is 34.5 Å². The first-order valence-electron chi connectivity index (χ1n) is 9.08. The van der Waals surface area contributed by atoms with Crippen molar-refractivity contribution in [2.24, 2.45) is 5.92 Å². The first kappa shape index (κ1) is 22.3. The number of esters is 1. The van der Waals surface area contributed by atoms with E-state index in [0.717, 1.165) is 11.3 Å². The monoisotopic (exact) mass is 467 g/mol. The van der Waals surface area contributed by atoms with Gasteiger partial charge < -0.3 is 10.1 Å². The molecule has 0 spiro atoms. The van der Waals surface area contributed by atoms with E-state index in [-0.39, 0.29) is 24.1 Å². The number of fused-ring (bicyclic) bond motifs is 1. The van der Waals surface area contributed by atoms with Crippen molar-refractivity contribution in [3.8, 4) is 0 Å². The van der Waals surface area contributed by atoms with Gasteiger partial charge in [0.15, 0.2) is 0 Å². The number of carbonyl (C=O) groups is 2. The Labute approximate surface area is 186 Å². The SMILES string of the molecule is Cc1c(C(=O)OCC(C)C)sc2ncn(CC(=O)Nc3ccc(Cl)cc3Cl)c(=O)c12. The minimum Gasteiger partial charge on any atom is -0.461 e. The summed E-state index contributed by atoms with van der Waals surface area (Å²) >= 11 is 13.0. The Morgan fingerprint density at radius 3 is 2.70 bits per heavy atom. The molecule has 0 bridgehead atoms. The number of amides is 1. The van der Waals surface area contributed by atoms with Gasteiger partial charge in [-0.3, -0.25) is 14.2 Å². The number of ether oxygens (including phenoxy) is 1. The van der Waals surface area contributed by atoms with Gasteiger partial charge >= 0.3 is 5.97 Å². The number of hydrogen-bond donors (Lipinski definition) is 1. The fourth-order valence-corrected chi connectivity index (χ4v) is 4.20. The molecule has 2 aromatic heterocycles. The van der Waals surface area contributed by atoms with Crippen LogP contribution in [0.25, 0.3) is 10.2 Å². The Morgan fingerprint density at radius 1 is 1.30 bits per heavy atom. The molecule has 1 N–H and O–H groups in total. The van der Waals surface area contributed by atoms with Crippen molar-refractivity contribution >= 4 is 62.3 Å². The van der Waals surface area contributed by atoms with E-state index in [4.69, 9.17) is 27.9 Å². The van der Waals surface area contributed by atoms with Crippen LogP contribution in [-0.2, 0) is 16.1 Å². The lowest BCUT2D eigenvalue weighted by atomic mass is 10.2. The highest BCUT2D eigenvalue weighted by Crippen LogP contribution is 2.28. The van der Waals surface area contributed by atoms with E-state index in [2.05, 4.69) is 10.3 Å². The van der Waals surface area contributed by atoms with Gasteiger partial charge in [0.05, 0.1) is 29.0 Å². The number of anilines is 1. The smallest absolute Gasteiger partial charge is 0.348 e. The molecule has 0 atom stereocenters. The highest BCUT2D eigenvalue weighted by Gasteiger charge is 2.21. The van der Waals surface area contributed by atoms with Crippen molar-refractivity contribution in [1.82, 2.24) is 9.55 Å². The number of nitrogens with one attached hydrogen (secondary N) is 1. The Kier molecular flexibility index (Phi) is 6.80. The van der Waals surface area contributed by atoms with Crippen molar-refractivity contribution < 1.29 is 14.3 Å². The molecule has 0 saturated carbocycles. The fourth-order valence-electron chi connectivity index (χ4n) is 2.71. The largest absolute Gasteiger partial charge is 0.461 e. The maximum atomic E-state index is 12.9. The maximum absolute atomic E-state index is 12.9. The van der Waals surface area contributed by atoms with E-state index in [9.17, 15) is 14.4 Å². The van der Waals surface area contributed by atoms with Gasteiger partial charge in [0.2, 0.25) is 5.91 Å². The first-order chi connectivity index (χ1) is 14.2. The highest BCUT2D eigenvalue weighted by molar-refractivity contribution is 7.20. The minimum atomic E-state index is -0.481. The first-order valence-corrected chi connectivity index (χ1v) is 10.6. The summed E-state index contributed by atoms with van der Waals surface area (Å²) in [4.78, 5) is 42.6. The molecule has 1 aromatic carbocycles. The van der Waals surface area contributed by atoms with Gasteiger partial charge in [0.25, 0.3) is 5.56 Å². The highest BCUT2D eigenvalue weighted by atomic mass is 35.5. The van der Waals surface area contributed by atoms with Gasteiger partial charge in [-0.05, 0) is 36.6 Å². The second kappa shape index (κ2) is 9.16. The number of halogens is 2. The van der Waals surface area contributed by atoms with Gasteiger partial charge in [-0.1, -0.05) is 37.0 Å². The second-order valence-electron chi connectivity index (χ2n) is 7.08. The standard InChI is InChI=1S/C20H19Cl2N3O4S/c1-10(2)8-29-20(28)17-11(3)16-18(30-17)23-9-25(19(16)27)7-15(26)24-14-5-4-12(21)6-13(14)22/h4-6,9-10H,7-8H2,1-3H3,(H,24,26). The van der Waals surface area contributed by atoms with E-state index >= 15 is 0 Å². The number of nitrogens with zero attached hydrogens (tertiary/aromatic N) is 2. The lowest BCUT2D eigenvalue weighted by Gasteiger charge is -2.09. The number of thiophene rings is 1. The molecule has 0 radical (unpaired) electrons. The van der Waals surface area contributed by atoms with Gasteiger partial charge in [-0.25, -0.2) is 9.78 Å². The average molecular weight is 468 g/mol. The molecule has 0 unspecified atom stereocenters. The average Bonchev–Trinajstić information content (AvgIpc) is 3.01. The van der Waals surface area contributed by atoms with Crippen LogP contribution in [0.2, 0.25) is 10.0 Å². The maximum Gasteiger partial charge on any atom is 0.348 e. The van der Waals surface area contributed by atoms with Crippen LogP contribution in [0.5, 0.6) is 0 Å². The second-order valence-corrected chi connectivity index (χ2v) is 8.92. The molecule has 2 heterocycles. The molecule has 0 saturated heterocycles. The Bertz CT molecular complexity index is 1190. The van der Waals surface area contributed by atoms with Crippen molar-refractivity contribution in [2.75, 3.05) is 11.9 Å². The lowest BCUT2D eigenvalue weighted by molar-refractivity contribution is -0.116. The molecule has 30 heavy (non-hydrogen) atoms. The number of aromatic nitrogens is 2. The van der Waals surface area contributed by atoms with E-state index in [1.54, 1.807) is 19.1 Å². The number of aryl methyl sites for hydroxylation is 1. The third-order valence-corrected chi connectivity index (χ3v) is 5.90. The summed E-state index contributed by atoms with van der Waals surface area (Å²) in [5.74, 6) is -0.733. The van der Waals surface area contributed by atoms with Crippen LogP contribution in [0.3, 0.4) is 0 Å². The van der Waals surface area contributed by atoms with E-state index in [1.807, 2.05) is 13.8 Å². The van der Waals surface area contributed by atoms with Crippen LogP contribution in [0.1, 0.15) is 29.1 Å². The minimum absolute atomic E-state index is 0.201. The molecule has 158 valence electrons.